The maximum Gasteiger partial charge on any atom is 1.00 e. The number of aliphatic carboxylic acids is 1. The Labute approximate surface area is 122 Å². The van der Waals surface area contributed by atoms with Gasteiger partial charge in [0.05, 0.1) is 0 Å². The van der Waals surface area contributed by atoms with Gasteiger partial charge in [-0.25, -0.2) is 0 Å². The van der Waals surface area contributed by atoms with Crippen LogP contribution in [0.5, 0.6) is 0 Å². The van der Waals surface area contributed by atoms with Crippen molar-refractivity contribution in [3.05, 3.63) is 0 Å². The van der Waals surface area contributed by atoms with Gasteiger partial charge in [-0.1, -0.05) is 65.2 Å². The zero-order valence-corrected chi connectivity index (χ0v) is 13.3. The van der Waals surface area contributed by atoms with Gasteiger partial charge in [-0.3, -0.25) is 0 Å². The first-order valence-electron chi connectivity index (χ1n) is 6.39. The molecule has 0 aliphatic carbocycles. The number of carbonyl (C=O) groups excluding carboxylic acids is 1. The normalized spacial score (nSPS) is 11.9. The third-order valence-electron chi connectivity index (χ3n) is 2.89. The molecule has 0 saturated heterocycles. The van der Waals surface area contributed by atoms with Gasteiger partial charge >= 0.3 is 29.6 Å². The molecular weight excluding hydrogens is 211 g/mol. The van der Waals surface area contributed by atoms with E-state index in [1.165, 1.54) is 44.9 Å². The summed E-state index contributed by atoms with van der Waals surface area (Å²) in [7, 11) is 0. The number of hydrogen-bond donors (Lipinski definition) is 0. The SMILES string of the molecule is CCCCCCCCCC[C@@H](C)C(=O)[O-].[Na+]. The van der Waals surface area contributed by atoms with Crippen molar-refractivity contribution < 1.29 is 39.5 Å². The van der Waals surface area contributed by atoms with Gasteiger partial charge in [0.15, 0.2) is 0 Å². The largest absolute Gasteiger partial charge is 1.00 e. The summed E-state index contributed by atoms with van der Waals surface area (Å²) in [4.78, 5) is 10.4. The van der Waals surface area contributed by atoms with Crippen molar-refractivity contribution in [2.24, 2.45) is 5.92 Å². The Bertz CT molecular complexity index is 160. The maximum atomic E-state index is 10.4. The summed E-state index contributed by atoms with van der Waals surface area (Å²) in [6.07, 6.45) is 10.9. The molecule has 0 saturated carbocycles. The van der Waals surface area contributed by atoms with Crippen molar-refractivity contribution in [1.82, 2.24) is 0 Å². The van der Waals surface area contributed by atoms with Crippen molar-refractivity contribution in [3.8, 4) is 0 Å². The van der Waals surface area contributed by atoms with Crippen LogP contribution in [0.15, 0.2) is 0 Å². The van der Waals surface area contributed by atoms with E-state index in [0.717, 1.165) is 12.8 Å². The second-order valence-electron chi connectivity index (χ2n) is 4.48. The van der Waals surface area contributed by atoms with E-state index in [4.69, 9.17) is 0 Å². The van der Waals surface area contributed by atoms with Crippen LogP contribution in [0.4, 0.5) is 0 Å². The predicted octanol–water partition coefficient (Wildman–Crippen LogP) is -0.0928. The summed E-state index contributed by atoms with van der Waals surface area (Å²) in [6, 6.07) is 0. The summed E-state index contributed by atoms with van der Waals surface area (Å²) in [5.74, 6) is -1.18. The molecule has 1 atom stereocenters. The van der Waals surface area contributed by atoms with Gasteiger partial charge in [0.25, 0.3) is 0 Å². The van der Waals surface area contributed by atoms with E-state index in [0.29, 0.717) is 0 Å². The smallest absolute Gasteiger partial charge is 0.550 e. The van der Waals surface area contributed by atoms with Gasteiger partial charge < -0.3 is 9.90 Å². The molecular formula is C13H25NaO2. The number of carbonyl (C=O) groups is 1. The number of rotatable bonds is 10. The first kappa shape index (κ1) is 18.8. The Hall–Kier alpha value is 0.470. The van der Waals surface area contributed by atoms with E-state index < -0.39 is 5.97 Å². The van der Waals surface area contributed by atoms with Gasteiger partial charge in [0.2, 0.25) is 0 Å². The molecule has 0 aromatic carbocycles. The Morgan fingerprint density at radius 1 is 1.00 bits per heavy atom. The Morgan fingerprint density at radius 3 is 1.88 bits per heavy atom. The second kappa shape index (κ2) is 13.5. The first-order valence-corrected chi connectivity index (χ1v) is 6.39. The molecule has 0 aromatic heterocycles. The van der Waals surface area contributed by atoms with Crippen LogP contribution < -0.4 is 34.7 Å². The number of carboxylic acid groups (broad SMARTS) is 1. The van der Waals surface area contributed by atoms with E-state index >= 15 is 0 Å². The molecule has 0 N–H and O–H groups in total. The summed E-state index contributed by atoms with van der Waals surface area (Å²) in [5.41, 5.74) is 0. The topological polar surface area (TPSA) is 40.1 Å². The molecule has 0 aliphatic rings. The summed E-state index contributed by atoms with van der Waals surface area (Å²) in [6.45, 7) is 3.96. The molecule has 0 radical (unpaired) electrons. The van der Waals surface area contributed by atoms with Crippen LogP contribution in [0.2, 0.25) is 0 Å². The van der Waals surface area contributed by atoms with Crippen LogP contribution >= 0.6 is 0 Å². The zero-order chi connectivity index (χ0) is 11.5. The second-order valence-corrected chi connectivity index (χ2v) is 4.48. The monoisotopic (exact) mass is 236 g/mol. The summed E-state index contributed by atoms with van der Waals surface area (Å²) in [5, 5.41) is 10.4. The standard InChI is InChI=1S/C13H26O2.Na/c1-3-4-5-6-7-8-9-10-11-12(2)13(14)15;/h12H,3-11H2,1-2H3,(H,14,15);/q;+1/p-1/t12-;/m1./s1. The van der Waals surface area contributed by atoms with Crippen molar-refractivity contribution in [2.75, 3.05) is 0 Å². The molecule has 16 heavy (non-hydrogen) atoms. The van der Waals surface area contributed by atoms with Crippen molar-refractivity contribution in [2.45, 2.75) is 71.6 Å². The molecule has 0 heterocycles. The quantitative estimate of drug-likeness (QED) is 0.393. The van der Waals surface area contributed by atoms with Crippen LogP contribution in [-0.2, 0) is 4.79 Å². The molecule has 0 aromatic rings. The fraction of sp³-hybridized carbons (Fsp3) is 0.923. The van der Waals surface area contributed by atoms with E-state index in [1.54, 1.807) is 6.92 Å². The third kappa shape index (κ3) is 12.5. The molecule has 0 rings (SSSR count). The van der Waals surface area contributed by atoms with Crippen LogP contribution in [-0.4, -0.2) is 5.97 Å². The van der Waals surface area contributed by atoms with Crippen LogP contribution in [0.3, 0.4) is 0 Å². The van der Waals surface area contributed by atoms with E-state index in [9.17, 15) is 9.90 Å². The molecule has 0 spiro atoms. The van der Waals surface area contributed by atoms with Gasteiger partial charge in [0, 0.05) is 5.97 Å². The Balaban J connectivity index is 0. The third-order valence-corrected chi connectivity index (χ3v) is 2.89. The molecule has 0 aliphatic heterocycles. The fourth-order valence-corrected chi connectivity index (χ4v) is 1.70. The summed E-state index contributed by atoms with van der Waals surface area (Å²) >= 11 is 0. The Morgan fingerprint density at radius 2 is 1.44 bits per heavy atom. The minimum Gasteiger partial charge on any atom is -0.550 e. The number of carboxylic acids is 1. The average Bonchev–Trinajstić information content (AvgIpc) is 2.21. The molecule has 0 unspecified atom stereocenters. The van der Waals surface area contributed by atoms with Crippen molar-refractivity contribution in [1.29, 1.82) is 0 Å². The molecule has 3 heteroatoms. The van der Waals surface area contributed by atoms with E-state index in [2.05, 4.69) is 6.92 Å². The fourth-order valence-electron chi connectivity index (χ4n) is 1.70. The Kier molecular flexibility index (Phi) is 15.9. The molecule has 0 fully saturated rings. The molecule has 90 valence electrons. The minimum atomic E-state index is -0.905. The molecule has 2 nitrogen and oxygen atoms in total. The zero-order valence-electron chi connectivity index (χ0n) is 11.3. The van der Waals surface area contributed by atoms with E-state index in [-0.39, 0.29) is 35.5 Å². The van der Waals surface area contributed by atoms with Crippen LogP contribution in [0.1, 0.15) is 71.6 Å². The van der Waals surface area contributed by atoms with E-state index in [1.807, 2.05) is 0 Å². The minimum absolute atomic E-state index is 0. The predicted molar refractivity (Wildman–Crippen MR) is 61.4 cm³/mol. The number of unbranched alkanes of at least 4 members (excludes halogenated alkanes) is 7. The average molecular weight is 236 g/mol. The van der Waals surface area contributed by atoms with Crippen molar-refractivity contribution >= 4 is 5.97 Å². The van der Waals surface area contributed by atoms with Crippen molar-refractivity contribution in [3.63, 3.8) is 0 Å². The molecule has 0 amide bonds. The van der Waals surface area contributed by atoms with Gasteiger partial charge in [-0.2, -0.15) is 0 Å². The first-order chi connectivity index (χ1) is 7.18. The summed E-state index contributed by atoms with van der Waals surface area (Å²) < 4.78 is 0. The van der Waals surface area contributed by atoms with Gasteiger partial charge in [-0.15, -0.1) is 0 Å². The van der Waals surface area contributed by atoms with Gasteiger partial charge in [-0.05, 0) is 12.3 Å². The van der Waals surface area contributed by atoms with Crippen LogP contribution in [0.25, 0.3) is 0 Å². The maximum absolute atomic E-state index is 10.4. The molecule has 0 bridgehead atoms. The number of hydrogen-bond acceptors (Lipinski definition) is 2. The van der Waals surface area contributed by atoms with Gasteiger partial charge in [0.1, 0.15) is 0 Å². The van der Waals surface area contributed by atoms with Crippen LogP contribution in [0, 0.1) is 5.92 Å².